The number of halogens is 1. The standard InChI is InChI=1S/C20H18ClNO3/c1-13-19(20(24)25-12-14-7-3-2-4-8-14)16(11-18(23)22-13)15-9-5-6-10-17(15)21/h2-10,16H,11-12H2,1H3,(H,22,23)/t16-/m0/s1. The molecule has 0 aromatic heterocycles. The molecule has 2 aromatic carbocycles. The fourth-order valence-electron chi connectivity index (χ4n) is 3.00. The van der Waals surface area contributed by atoms with Crippen molar-refractivity contribution in [1.29, 1.82) is 0 Å². The van der Waals surface area contributed by atoms with Gasteiger partial charge in [0.2, 0.25) is 5.91 Å². The van der Waals surface area contributed by atoms with Gasteiger partial charge in [0.25, 0.3) is 0 Å². The Balaban J connectivity index is 1.87. The molecular weight excluding hydrogens is 338 g/mol. The zero-order valence-electron chi connectivity index (χ0n) is 13.8. The Kier molecular flexibility index (Phi) is 5.19. The number of hydrogen-bond donors (Lipinski definition) is 1. The highest BCUT2D eigenvalue weighted by Crippen LogP contribution is 2.37. The minimum atomic E-state index is -0.439. The summed E-state index contributed by atoms with van der Waals surface area (Å²) in [4.78, 5) is 24.7. The van der Waals surface area contributed by atoms with Crippen LogP contribution < -0.4 is 5.32 Å². The summed E-state index contributed by atoms with van der Waals surface area (Å²) in [5, 5.41) is 3.26. The summed E-state index contributed by atoms with van der Waals surface area (Å²) in [5.41, 5.74) is 2.62. The Hall–Kier alpha value is -2.59. The van der Waals surface area contributed by atoms with Crippen molar-refractivity contribution < 1.29 is 14.3 Å². The normalized spacial score (nSPS) is 17.2. The molecule has 0 unspecified atom stereocenters. The van der Waals surface area contributed by atoms with Crippen molar-refractivity contribution in [2.75, 3.05) is 0 Å². The smallest absolute Gasteiger partial charge is 0.336 e. The predicted molar refractivity (Wildman–Crippen MR) is 95.9 cm³/mol. The Labute approximate surface area is 151 Å². The summed E-state index contributed by atoms with van der Waals surface area (Å²) in [5.74, 6) is -0.987. The third-order valence-electron chi connectivity index (χ3n) is 4.18. The largest absolute Gasteiger partial charge is 0.457 e. The van der Waals surface area contributed by atoms with Crippen LogP contribution in [-0.4, -0.2) is 11.9 Å². The van der Waals surface area contributed by atoms with Crippen LogP contribution in [0.3, 0.4) is 0 Å². The van der Waals surface area contributed by atoms with Gasteiger partial charge in [0.1, 0.15) is 6.61 Å². The van der Waals surface area contributed by atoms with E-state index in [9.17, 15) is 9.59 Å². The lowest BCUT2D eigenvalue weighted by Gasteiger charge is -2.27. The predicted octanol–water partition coefficient (Wildman–Crippen LogP) is 3.96. The topological polar surface area (TPSA) is 55.4 Å². The summed E-state index contributed by atoms with van der Waals surface area (Å²) in [6.07, 6.45) is 0.164. The Morgan fingerprint density at radius 3 is 2.56 bits per heavy atom. The quantitative estimate of drug-likeness (QED) is 0.844. The number of rotatable bonds is 4. The van der Waals surface area contributed by atoms with Gasteiger partial charge >= 0.3 is 5.97 Å². The van der Waals surface area contributed by atoms with E-state index >= 15 is 0 Å². The van der Waals surface area contributed by atoms with Gasteiger partial charge in [0, 0.05) is 23.1 Å². The van der Waals surface area contributed by atoms with Crippen molar-refractivity contribution in [3.63, 3.8) is 0 Å². The van der Waals surface area contributed by atoms with Crippen molar-refractivity contribution in [3.05, 3.63) is 82.0 Å². The number of ether oxygens (including phenoxy) is 1. The second kappa shape index (κ2) is 7.53. The fraction of sp³-hybridized carbons (Fsp3) is 0.200. The molecule has 25 heavy (non-hydrogen) atoms. The molecule has 1 aliphatic rings. The van der Waals surface area contributed by atoms with Gasteiger partial charge in [0.05, 0.1) is 5.57 Å². The van der Waals surface area contributed by atoms with E-state index in [4.69, 9.17) is 16.3 Å². The summed E-state index contributed by atoms with van der Waals surface area (Å²) >= 11 is 6.29. The van der Waals surface area contributed by atoms with Crippen molar-refractivity contribution in [1.82, 2.24) is 5.32 Å². The lowest BCUT2D eigenvalue weighted by Crippen LogP contribution is -2.34. The van der Waals surface area contributed by atoms with Crippen LogP contribution in [0.1, 0.15) is 30.4 Å². The molecule has 0 aliphatic carbocycles. The molecular formula is C20H18ClNO3. The molecule has 128 valence electrons. The molecule has 0 saturated carbocycles. The number of carbonyl (C=O) groups excluding carboxylic acids is 2. The van der Waals surface area contributed by atoms with Crippen LogP contribution >= 0.6 is 11.6 Å². The minimum absolute atomic E-state index is 0.137. The number of nitrogens with one attached hydrogen (secondary N) is 1. The maximum Gasteiger partial charge on any atom is 0.336 e. The van der Waals surface area contributed by atoms with Crippen molar-refractivity contribution in [2.24, 2.45) is 0 Å². The van der Waals surface area contributed by atoms with E-state index in [0.29, 0.717) is 16.3 Å². The Morgan fingerprint density at radius 1 is 1.16 bits per heavy atom. The Morgan fingerprint density at radius 2 is 1.84 bits per heavy atom. The number of amides is 1. The molecule has 5 heteroatoms. The Bertz CT molecular complexity index is 830. The van der Waals surface area contributed by atoms with Crippen LogP contribution in [0.4, 0.5) is 0 Å². The van der Waals surface area contributed by atoms with Crippen molar-refractivity contribution in [2.45, 2.75) is 25.9 Å². The fourth-order valence-corrected chi connectivity index (χ4v) is 3.26. The molecule has 0 saturated heterocycles. The second-order valence-electron chi connectivity index (χ2n) is 5.93. The van der Waals surface area contributed by atoms with Gasteiger partial charge < -0.3 is 10.1 Å². The molecule has 0 spiro atoms. The summed E-state index contributed by atoms with van der Waals surface area (Å²) in [6, 6.07) is 16.7. The third-order valence-corrected chi connectivity index (χ3v) is 4.53. The summed E-state index contributed by atoms with van der Waals surface area (Å²) in [7, 11) is 0. The van der Waals surface area contributed by atoms with Crippen LogP contribution in [0.15, 0.2) is 65.9 Å². The molecule has 1 aliphatic heterocycles. The van der Waals surface area contributed by atoms with E-state index < -0.39 is 11.9 Å². The average molecular weight is 356 g/mol. The SMILES string of the molecule is CC1=C(C(=O)OCc2ccccc2)[C@H](c2ccccc2Cl)CC(=O)N1. The van der Waals surface area contributed by atoms with Gasteiger partial charge in [-0.25, -0.2) is 4.79 Å². The number of carbonyl (C=O) groups is 2. The molecule has 2 aromatic rings. The lowest BCUT2D eigenvalue weighted by atomic mass is 9.84. The molecule has 3 rings (SSSR count). The highest BCUT2D eigenvalue weighted by molar-refractivity contribution is 6.31. The maximum absolute atomic E-state index is 12.7. The minimum Gasteiger partial charge on any atom is -0.457 e. The first-order valence-electron chi connectivity index (χ1n) is 8.02. The summed E-state index contributed by atoms with van der Waals surface area (Å²) < 4.78 is 5.47. The first-order chi connectivity index (χ1) is 12.1. The number of allylic oxidation sites excluding steroid dienone is 1. The van der Waals surface area contributed by atoms with Gasteiger partial charge in [-0.2, -0.15) is 0 Å². The number of esters is 1. The van der Waals surface area contributed by atoms with E-state index in [-0.39, 0.29) is 18.9 Å². The molecule has 4 nitrogen and oxygen atoms in total. The zero-order valence-corrected chi connectivity index (χ0v) is 14.5. The van der Waals surface area contributed by atoms with Gasteiger partial charge in [-0.1, -0.05) is 60.1 Å². The molecule has 0 bridgehead atoms. The molecule has 1 amide bonds. The van der Waals surface area contributed by atoms with Crippen LogP contribution in [0.25, 0.3) is 0 Å². The monoisotopic (exact) mass is 355 g/mol. The first-order valence-corrected chi connectivity index (χ1v) is 8.40. The molecule has 0 radical (unpaired) electrons. The average Bonchev–Trinajstić information content (AvgIpc) is 2.60. The highest BCUT2D eigenvalue weighted by Gasteiger charge is 2.33. The van der Waals surface area contributed by atoms with E-state index in [1.807, 2.05) is 48.5 Å². The molecule has 1 N–H and O–H groups in total. The lowest BCUT2D eigenvalue weighted by molar-refractivity contribution is -0.141. The maximum atomic E-state index is 12.7. The second-order valence-corrected chi connectivity index (χ2v) is 6.33. The van der Waals surface area contributed by atoms with E-state index in [1.165, 1.54) is 0 Å². The van der Waals surface area contributed by atoms with Gasteiger partial charge in [-0.05, 0) is 24.1 Å². The highest BCUT2D eigenvalue weighted by atomic mass is 35.5. The zero-order chi connectivity index (χ0) is 17.8. The van der Waals surface area contributed by atoms with Crippen LogP contribution in [0.2, 0.25) is 5.02 Å². The van der Waals surface area contributed by atoms with E-state index in [1.54, 1.807) is 13.0 Å². The van der Waals surface area contributed by atoms with E-state index in [2.05, 4.69) is 5.32 Å². The first kappa shape index (κ1) is 17.2. The van der Waals surface area contributed by atoms with Crippen LogP contribution in [-0.2, 0) is 20.9 Å². The van der Waals surface area contributed by atoms with E-state index in [0.717, 1.165) is 11.1 Å². The number of benzene rings is 2. The van der Waals surface area contributed by atoms with Crippen LogP contribution in [0, 0.1) is 0 Å². The third kappa shape index (κ3) is 3.91. The molecule has 1 atom stereocenters. The van der Waals surface area contributed by atoms with Crippen molar-refractivity contribution in [3.8, 4) is 0 Å². The van der Waals surface area contributed by atoms with Gasteiger partial charge in [-0.3, -0.25) is 4.79 Å². The molecule has 0 fully saturated rings. The van der Waals surface area contributed by atoms with Gasteiger partial charge in [-0.15, -0.1) is 0 Å². The summed E-state index contributed by atoms with van der Waals surface area (Å²) in [6.45, 7) is 1.89. The van der Waals surface area contributed by atoms with Crippen LogP contribution in [0.5, 0.6) is 0 Å². The van der Waals surface area contributed by atoms with Gasteiger partial charge in [0.15, 0.2) is 0 Å². The number of hydrogen-bond acceptors (Lipinski definition) is 3. The van der Waals surface area contributed by atoms with Crippen molar-refractivity contribution >= 4 is 23.5 Å². The molecule has 1 heterocycles.